The minimum atomic E-state index is 0. The molecular formula is C20H33IN8S. The lowest BCUT2D eigenvalue weighted by molar-refractivity contribution is 0.254. The van der Waals surface area contributed by atoms with Gasteiger partial charge in [0.05, 0.1) is 5.01 Å². The number of nitrogens with zero attached hydrogens (tertiary/aromatic N) is 6. The molecule has 0 saturated carbocycles. The standard InChI is InChI=1S/C20H32N8S.HI/c1-3-17-16-26-18(29-17)6-10-23-19(21-2)22-9-5-11-27-12-14-28(15-13-27)20-24-7-4-8-25-20;/h4,7-8,16H,3,5-6,9-15H2,1-2H3,(H2,21,22,23);1H. The number of aryl methyl sites for hydroxylation is 1. The van der Waals surface area contributed by atoms with Crippen LogP contribution in [0.15, 0.2) is 29.6 Å². The fraction of sp³-hybridized carbons (Fsp3) is 0.600. The van der Waals surface area contributed by atoms with Gasteiger partial charge in [0, 0.05) is 76.2 Å². The van der Waals surface area contributed by atoms with Crippen molar-refractivity contribution in [3.8, 4) is 0 Å². The third-order valence-corrected chi connectivity index (χ3v) is 6.16. The molecule has 30 heavy (non-hydrogen) atoms. The third kappa shape index (κ3) is 7.95. The molecule has 0 aliphatic carbocycles. The van der Waals surface area contributed by atoms with E-state index in [4.69, 9.17) is 0 Å². The molecule has 2 aromatic rings. The van der Waals surface area contributed by atoms with Crippen molar-refractivity contribution in [3.05, 3.63) is 34.5 Å². The Hall–Kier alpha value is -1.53. The summed E-state index contributed by atoms with van der Waals surface area (Å²) in [7, 11) is 1.82. The number of aliphatic imine (C=N–C) groups is 1. The summed E-state index contributed by atoms with van der Waals surface area (Å²) in [5.41, 5.74) is 0. The van der Waals surface area contributed by atoms with Crippen LogP contribution in [0.4, 0.5) is 5.95 Å². The fourth-order valence-corrected chi connectivity index (χ4v) is 4.13. The molecule has 0 spiro atoms. The van der Waals surface area contributed by atoms with Crippen LogP contribution in [0, 0.1) is 0 Å². The van der Waals surface area contributed by atoms with Crippen molar-refractivity contribution in [2.45, 2.75) is 26.2 Å². The molecule has 0 bridgehead atoms. The first-order valence-corrected chi connectivity index (χ1v) is 11.2. The van der Waals surface area contributed by atoms with Crippen molar-refractivity contribution < 1.29 is 0 Å². The number of halogens is 1. The molecule has 2 N–H and O–H groups in total. The molecule has 166 valence electrons. The predicted octanol–water partition coefficient (Wildman–Crippen LogP) is 2.03. The molecule has 8 nitrogen and oxygen atoms in total. The number of nitrogens with one attached hydrogen (secondary N) is 2. The quantitative estimate of drug-likeness (QED) is 0.217. The van der Waals surface area contributed by atoms with Gasteiger partial charge in [-0.1, -0.05) is 6.92 Å². The first-order valence-electron chi connectivity index (χ1n) is 10.4. The van der Waals surface area contributed by atoms with Crippen molar-refractivity contribution >= 4 is 47.2 Å². The monoisotopic (exact) mass is 544 g/mol. The summed E-state index contributed by atoms with van der Waals surface area (Å²) in [4.78, 5) is 23.6. The summed E-state index contributed by atoms with van der Waals surface area (Å²) < 4.78 is 0. The Labute approximate surface area is 200 Å². The second-order valence-corrected chi connectivity index (χ2v) is 8.18. The van der Waals surface area contributed by atoms with Crippen LogP contribution in [0.25, 0.3) is 0 Å². The van der Waals surface area contributed by atoms with Crippen LogP contribution >= 0.6 is 35.3 Å². The highest BCUT2D eigenvalue weighted by Gasteiger charge is 2.18. The summed E-state index contributed by atoms with van der Waals surface area (Å²) >= 11 is 1.80. The van der Waals surface area contributed by atoms with E-state index >= 15 is 0 Å². The SMILES string of the molecule is CCc1cnc(CCNC(=NC)NCCCN2CCN(c3ncccn3)CC2)s1.I. The summed E-state index contributed by atoms with van der Waals surface area (Å²) in [5.74, 6) is 1.70. The van der Waals surface area contributed by atoms with Crippen molar-refractivity contribution in [3.63, 3.8) is 0 Å². The number of hydrogen-bond acceptors (Lipinski definition) is 7. The lowest BCUT2D eigenvalue weighted by Crippen LogP contribution is -2.47. The highest BCUT2D eigenvalue weighted by atomic mass is 127. The van der Waals surface area contributed by atoms with Crippen LogP contribution in [0.3, 0.4) is 0 Å². The maximum absolute atomic E-state index is 4.46. The van der Waals surface area contributed by atoms with Crippen LogP contribution in [0.2, 0.25) is 0 Å². The van der Waals surface area contributed by atoms with E-state index in [1.807, 2.05) is 19.3 Å². The molecular weight excluding hydrogens is 511 g/mol. The van der Waals surface area contributed by atoms with Gasteiger partial charge in [-0.05, 0) is 25.5 Å². The van der Waals surface area contributed by atoms with E-state index in [9.17, 15) is 0 Å². The number of thiazole rings is 1. The van der Waals surface area contributed by atoms with Gasteiger partial charge in [-0.15, -0.1) is 35.3 Å². The third-order valence-electron chi connectivity index (χ3n) is 4.96. The number of guanidine groups is 1. The molecule has 0 aromatic carbocycles. The topological polar surface area (TPSA) is 81.6 Å². The van der Waals surface area contributed by atoms with Crippen molar-refractivity contribution in [1.82, 2.24) is 30.5 Å². The molecule has 3 rings (SSSR count). The molecule has 1 fully saturated rings. The fourth-order valence-electron chi connectivity index (χ4n) is 3.27. The molecule has 1 aliphatic rings. The first kappa shape index (κ1) is 24.7. The van der Waals surface area contributed by atoms with E-state index in [-0.39, 0.29) is 24.0 Å². The molecule has 1 aliphatic heterocycles. The maximum Gasteiger partial charge on any atom is 0.225 e. The molecule has 3 heterocycles. The second kappa shape index (κ2) is 13.7. The van der Waals surface area contributed by atoms with Crippen LogP contribution in [-0.2, 0) is 12.8 Å². The first-order chi connectivity index (χ1) is 14.3. The van der Waals surface area contributed by atoms with E-state index in [2.05, 4.69) is 47.3 Å². The summed E-state index contributed by atoms with van der Waals surface area (Å²) in [6.07, 6.45) is 8.68. The Bertz CT molecular complexity index is 746. The minimum Gasteiger partial charge on any atom is -0.356 e. The minimum absolute atomic E-state index is 0. The summed E-state index contributed by atoms with van der Waals surface area (Å²) in [5, 5.41) is 7.98. The van der Waals surface area contributed by atoms with E-state index in [0.717, 1.165) is 77.0 Å². The smallest absolute Gasteiger partial charge is 0.225 e. The zero-order valence-electron chi connectivity index (χ0n) is 17.9. The Morgan fingerprint density at radius 2 is 1.83 bits per heavy atom. The van der Waals surface area contributed by atoms with E-state index < -0.39 is 0 Å². The molecule has 0 radical (unpaired) electrons. The van der Waals surface area contributed by atoms with Crippen molar-refractivity contribution in [2.24, 2.45) is 4.99 Å². The molecule has 0 unspecified atom stereocenters. The zero-order valence-corrected chi connectivity index (χ0v) is 21.0. The van der Waals surface area contributed by atoms with Gasteiger partial charge in [0.25, 0.3) is 0 Å². The lowest BCUT2D eigenvalue weighted by atomic mass is 10.3. The molecule has 10 heteroatoms. The molecule has 0 atom stereocenters. The van der Waals surface area contributed by atoms with Crippen LogP contribution in [-0.4, -0.2) is 78.7 Å². The van der Waals surface area contributed by atoms with Gasteiger partial charge in [-0.25, -0.2) is 15.0 Å². The highest BCUT2D eigenvalue weighted by Crippen LogP contribution is 2.13. The second-order valence-electron chi connectivity index (χ2n) is 6.98. The number of rotatable bonds is 9. The Balaban J connectivity index is 0.00000320. The zero-order chi connectivity index (χ0) is 20.3. The van der Waals surface area contributed by atoms with Gasteiger partial charge in [0.15, 0.2) is 5.96 Å². The van der Waals surface area contributed by atoms with Gasteiger partial charge in [0.2, 0.25) is 5.95 Å². The van der Waals surface area contributed by atoms with Crippen LogP contribution in [0.5, 0.6) is 0 Å². The summed E-state index contributed by atoms with van der Waals surface area (Å²) in [6.45, 7) is 9.09. The number of anilines is 1. The molecule has 0 amide bonds. The van der Waals surface area contributed by atoms with E-state index in [1.165, 1.54) is 9.88 Å². The highest BCUT2D eigenvalue weighted by molar-refractivity contribution is 14.0. The number of aromatic nitrogens is 3. The van der Waals surface area contributed by atoms with Gasteiger partial charge in [0.1, 0.15) is 0 Å². The van der Waals surface area contributed by atoms with Crippen LogP contribution in [0.1, 0.15) is 23.2 Å². The Morgan fingerprint density at radius 1 is 1.10 bits per heavy atom. The maximum atomic E-state index is 4.46. The van der Waals surface area contributed by atoms with Crippen molar-refractivity contribution in [2.75, 3.05) is 57.8 Å². The average Bonchev–Trinajstić information content (AvgIpc) is 3.24. The molecule has 1 saturated heterocycles. The predicted molar refractivity (Wildman–Crippen MR) is 135 cm³/mol. The van der Waals surface area contributed by atoms with Gasteiger partial charge in [-0.2, -0.15) is 0 Å². The Morgan fingerprint density at radius 3 is 2.50 bits per heavy atom. The number of piperazine rings is 1. The van der Waals surface area contributed by atoms with E-state index in [1.54, 1.807) is 23.7 Å². The normalized spacial score (nSPS) is 15.0. The summed E-state index contributed by atoms with van der Waals surface area (Å²) in [6, 6.07) is 1.86. The molecule has 2 aromatic heterocycles. The van der Waals surface area contributed by atoms with E-state index in [0.29, 0.717) is 0 Å². The largest absolute Gasteiger partial charge is 0.356 e. The van der Waals surface area contributed by atoms with Crippen LogP contribution < -0.4 is 15.5 Å². The lowest BCUT2D eigenvalue weighted by Gasteiger charge is -2.34. The Kier molecular flexibility index (Phi) is 11.3. The van der Waals surface area contributed by atoms with Crippen molar-refractivity contribution in [1.29, 1.82) is 0 Å². The van der Waals surface area contributed by atoms with Gasteiger partial charge in [-0.3, -0.25) is 9.89 Å². The average molecular weight is 545 g/mol. The van der Waals surface area contributed by atoms with Gasteiger partial charge < -0.3 is 15.5 Å². The van der Waals surface area contributed by atoms with Gasteiger partial charge >= 0.3 is 0 Å². The number of hydrogen-bond donors (Lipinski definition) is 2.